The highest BCUT2D eigenvalue weighted by Crippen LogP contribution is 2.35. The number of morpholine rings is 1. The molecule has 38 heavy (non-hydrogen) atoms. The van der Waals surface area contributed by atoms with E-state index in [9.17, 15) is 9.59 Å². The smallest absolute Gasteiger partial charge is 0.255 e. The summed E-state index contributed by atoms with van der Waals surface area (Å²) < 4.78 is 16.5. The maximum absolute atomic E-state index is 13.3. The molecule has 2 aliphatic rings. The van der Waals surface area contributed by atoms with Gasteiger partial charge in [0.1, 0.15) is 0 Å². The molecule has 5 rings (SSSR count). The van der Waals surface area contributed by atoms with Gasteiger partial charge >= 0.3 is 0 Å². The van der Waals surface area contributed by atoms with Crippen LogP contribution in [0.15, 0.2) is 60.7 Å². The van der Waals surface area contributed by atoms with E-state index >= 15 is 0 Å². The zero-order valence-electron chi connectivity index (χ0n) is 21.5. The average Bonchev–Trinajstić information content (AvgIpc) is 3.40. The van der Waals surface area contributed by atoms with Crippen molar-refractivity contribution in [2.75, 3.05) is 30.2 Å². The third-order valence-electron chi connectivity index (χ3n) is 6.77. The summed E-state index contributed by atoms with van der Waals surface area (Å²) in [5, 5.41) is 6.00. The van der Waals surface area contributed by atoms with Gasteiger partial charge in [0, 0.05) is 36.3 Å². The number of carbonyl (C=O) groups excluding carboxylic acids is 2. The molecule has 0 aromatic heterocycles. The first-order valence-corrected chi connectivity index (χ1v) is 12.7. The van der Waals surface area contributed by atoms with Gasteiger partial charge in [-0.3, -0.25) is 9.59 Å². The standard InChI is InChI=1S/C29H32N4O5/c1-18-15-36-16-19(2)33(18)25-8-6-22(28(34)31-14-21-5-3-4-20(10-21)13-30)11-24(25)32-29(35)23-7-9-26-27(12-23)38-17-37-26/h3-12,18-19H,13-17,30H2,1-2H3,(H,31,34)(H,32,35). The Bertz CT molecular complexity index is 1330. The van der Waals surface area contributed by atoms with Gasteiger partial charge in [-0.1, -0.05) is 24.3 Å². The molecule has 1 saturated heterocycles. The number of nitrogens with two attached hydrogens (primary N) is 1. The summed E-state index contributed by atoms with van der Waals surface area (Å²) in [5.74, 6) is 0.583. The molecule has 2 atom stereocenters. The highest BCUT2D eigenvalue weighted by Gasteiger charge is 2.28. The van der Waals surface area contributed by atoms with Crippen molar-refractivity contribution >= 4 is 23.2 Å². The molecule has 0 spiro atoms. The summed E-state index contributed by atoms with van der Waals surface area (Å²) in [6.45, 7) is 6.24. The van der Waals surface area contributed by atoms with E-state index < -0.39 is 0 Å². The Labute approximate surface area is 221 Å². The lowest BCUT2D eigenvalue weighted by Gasteiger charge is -2.41. The zero-order chi connectivity index (χ0) is 26.6. The molecule has 0 aliphatic carbocycles. The Hall–Kier alpha value is -4.08. The van der Waals surface area contributed by atoms with E-state index in [4.69, 9.17) is 19.9 Å². The normalized spacial score (nSPS) is 18.2. The first kappa shape index (κ1) is 25.6. The van der Waals surface area contributed by atoms with Crippen LogP contribution < -0.4 is 30.7 Å². The quantitative estimate of drug-likeness (QED) is 0.439. The van der Waals surface area contributed by atoms with Crippen LogP contribution in [0.2, 0.25) is 0 Å². The largest absolute Gasteiger partial charge is 0.454 e. The molecule has 2 amide bonds. The lowest BCUT2D eigenvalue weighted by molar-refractivity contribution is 0.0757. The fourth-order valence-corrected chi connectivity index (χ4v) is 4.86. The summed E-state index contributed by atoms with van der Waals surface area (Å²) in [4.78, 5) is 28.6. The molecule has 0 bridgehead atoms. The van der Waals surface area contributed by atoms with Gasteiger partial charge in [-0.25, -0.2) is 0 Å². The molecule has 9 heteroatoms. The molecule has 2 unspecified atom stereocenters. The highest BCUT2D eigenvalue weighted by molar-refractivity contribution is 6.07. The van der Waals surface area contributed by atoms with Gasteiger partial charge in [0.2, 0.25) is 6.79 Å². The molecule has 3 aromatic rings. The van der Waals surface area contributed by atoms with Gasteiger partial charge in [-0.15, -0.1) is 0 Å². The van der Waals surface area contributed by atoms with Crippen LogP contribution >= 0.6 is 0 Å². The number of nitrogens with one attached hydrogen (secondary N) is 2. The molecular weight excluding hydrogens is 484 g/mol. The number of amides is 2. The van der Waals surface area contributed by atoms with Gasteiger partial charge in [0.15, 0.2) is 11.5 Å². The summed E-state index contributed by atoms with van der Waals surface area (Å²) >= 11 is 0. The Morgan fingerprint density at radius 3 is 2.39 bits per heavy atom. The van der Waals surface area contributed by atoms with Gasteiger partial charge in [0.25, 0.3) is 11.8 Å². The summed E-state index contributed by atoms with van der Waals surface area (Å²) in [5.41, 5.74) is 9.95. The van der Waals surface area contributed by atoms with Crippen molar-refractivity contribution in [2.24, 2.45) is 5.73 Å². The van der Waals surface area contributed by atoms with E-state index in [-0.39, 0.29) is 30.7 Å². The Morgan fingerprint density at radius 2 is 1.61 bits per heavy atom. The minimum Gasteiger partial charge on any atom is -0.454 e. The number of carbonyl (C=O) groups is 2. The topological polar surface area (TPSA) is 115 Å². The molecular formula is C29H32N4O5. The van der Waals surface area contributed by atoms with E-state index in [2.05, 4.69) is 29.4 Å². The lowest BCUT2D eigenvalue weighted by Crippen LogP contribution is -2.50. The predicted molar refractivity (Wildman–Crippen MR) is 145 cm³/mol. The highest BCUT2D eigenvalue weighted by atomic mass is 16.7. The second kappa shape index (κ2) is 11.1. The minimum atomic E-state index is -0.311. The molecule has 9 nitrogen and oxygen atoms in total. The van der Waals surface area contributed by atoms with Crippen molar-refractivity contribution in [2.45, 2.75) is 39.0 Å². The van der Waals surface area contributed by atoms with Crippen molar-refractivity contribution in [3.05, 3.63) is 82.9 Å². The molecule has 4 N–H and O–H groups in total. The number of anilines is 2. The molecule has 2 aliphatic heterocycles. The number of fused-ring (bicyclic) bond motifs is 1. The second-order valence-electron chi connectivity index (χ2n) is 9.60. The SMILES string of the molecule is CC1COCC(C)N1c1ccc(C(=O)NCc2cccc(CN)c2)cc1NC(=O)c1ccc2c(c1)OCO2. The van der Waals surface area contributed by atoms with Crippen molar-refractivity contribution in [1.82, 2.24) is 5.32 Å². The van der Waals surface area contributed by atoms with E-state index in [0.717, 1.165) is 16.8 Å². The second-order valence-corrected chi connectivity index (χ2v) is 9.60. The number of nitrogens with zero attached hydrogens (tertiary/aromatic N) is 1. The van der Waals surface area contributed by atoms with Crippen molar-refractivity contribution in [1.29, 1.82) is 0 Å². The van der Waals surface area contributed by atoms with Gasteiger partial charge in [0.05, 0.1) is 24.6 Å². The van der Waals surface area contributed by atoms with Crippen molar-refractivity contribution < 1.29 is 23.8 Å². The fraction of sp³-hybridized carbons (Fsp3) is 0.310. The number of benzene rings is 3. The Balaban J connectivity index is 1.41. The van der Waals surface area contributed by atoms with Crippen LogP contribution in [0.1, 0.15) is 45.7 Å². The first-order valence-electron chi connectivity index (χ1n) is 12.7. The molecule has 2 heterocycles. The van der Waals surface area contributed by atoms with Crippen LogP contribution in [-0.4, -0.2) is 43.9 Å². The van der Waals surface area contributed by atoms with Gasteiger partial charge in [-0.2, -0.15) is 0 Å². The maximum Gasteiger partial charge on any atom is 0.255 e. The van der Waals surface area contributed by atoms with E-state index in [1.165, 1.54) is 0 Å². The van der Waals surface area contributed by atoms with Crippen molar-refractivity contribution in [3.63, 3.8) is 0 Å². The molecule has 198 valence electrons. The van der Waals surface area contributed by atoms with Gasteiger partial charge < -0.3 is 35.5 Å². The van der Waals surface area contributed by atoms with Crippen LogP contribution in [0.25, 0.3) is 0 Å². The van der Waals surface area contributed by atoms with Crippen LogP contribution in [0.4, 0.5) is 11.4 Å². The van der Waals surface area contributed by atoms with Crippen molar-refractivity contribution in [3.8, 4) is 11.5 Å². The number of ether oxygens (including phenoxy) is 3. The molecule has 0 saturated carbocycles. The summed E-state index contributed by atoms with van der Waals surface area (Å²) in [7, 11) is 0. The number of hydrogen-bond acceptors (Lipinski definition) is 7. The maximum atomic E-state index is 13.3. The molecule has 0 radical (unpaired) electrons. The van der Waals surface area contributed by atoms with E-state index in [0.29, 0.717) is 54.6 Å². The monoisotopic (exact) mass is 516 g/mol. The molecule has 1 fully saturated rings. The summed E-state index contributed by atoms with van der Waals surface area (Å²) in [6.07, 6.45) is 0. The number of rotatable bonds is 7. The Morgan fingerprint density at radius 1 is 0.895 bits per heavy atom. The van der Waals surface area contributed by atoms with E-state index in [1.807, 2.05) is 30.3 Å². The first-order chi connectivity index (χ1) is 18.4. The van der Waals surface area contributed by atoms with Crippen LogP contribution in [-0.2, 0) is 17.8 Å². The fourth-order valence-electron chi connectivity index (χ4n) is 4.86. The number of hydrogen-bond donors (Lipinski definition) is 3. The predicted octanol–water partition coefficient (Wildman–Crippen LogP) is 3.67. The molecule has 3 aromatic carbocycles. The van der Waals surface area contributed by atoms with Crippen LogP contribution in [0.3, 0.4) is 0 Å². The van der Waals surface area contributed by atoms with Gasteiger partial charge in [-0.05, 0) is 61.4 Å². The minimum absolute atomic E-state index is 0.0921. The third-order valence-corrected chi connectivity index (χ3v) is 6.77. The Kier molecular flexibility index (Phi) is 7.48. The lowest BCUT2D eigenvalue weighted by atomic mass is 10.1. The zero-order valence-corrected chi connectivity index (χ0v) is 21.5. The third kappa shape index (κ3) is 5.44. The van der Waals surface area contributed by atoms with E-state index in [1.54, 1.807) is 30.3 Å². The average molecular weight is 517 g/mol. The van der Waals surface area contributed by atoms with Crippen LogP contribution in [0, 0.1) is 0 Å². The summed E-state index contributed by atoms with van der Waals surface area (Å²) in [6, 6.07) is 18.4. The van der Waals surface area contributed by atoms with Crippen LogP contribution in [0.5, 0.6) is 11.5 Å².